The lowest BCUT2D eigenvalue weighted by Crippen LogP contribution is -2.46. The molecular formula is C21H37N3O2. The van der Waals surface area contributed by atoms with Crippen molar-refractivity contribution >= 4 is 5.91 Å². The number of rotatable bonds is 3. The van der Waals surface area contributed by atoms with Crippen LogP contribution in [0.2, 0.25) is 0 Å². The summed E-state index contributed by atoms with van der Waals surface area (Å²) >= 11 is 0. The summed E-state index contributed by atoms with van der Waals surface area (Å²) in [6.07, 6.45) is 9.81. The van der Waals surface area contributed by atoms with Crippen molar-refractivity contribution in [1.82, 2.24) is 14.7 Å². The molecule has 0 radical (unpaired) electrons. The van der Waals surface area contributed by atoms with Crippen molar-refractivity contribution in [2.45, 2.75) is 57.4 Å². The number of morpholine rings is 1. The molecule has 1 aliphatic carbocycles. The third kappa shape index (κ3) is 4.10. The second-order valence-corrected chi connectivity index (χ2v) is 9.35. The molecule has 3 aliphatic heterocycles. The van der Waals surface area contributed by atoms with Crippen LogP contribution in [-0.2, 0) is 9.53 Å². The monoisotopic (exact) mass is 363 g/mol. The topological polar surface area (TPSA) is 36.0 Å². The van der Waals surface area contributed by atoms with E-state index in [1.807, 2.05) is 0 Å². The summed E-state index contributed by atoms with van der Waals surface area (Å²) in [6, 6.07) is 0.675. The van der Waals surface area contributed by atoms with Crippen LogP contribution < -0.4 is 0 Å². The minimum Gasteiger partial charge on any atom is -0.379 e. The summed E-state index contributed by atoms with van der Waals surface area (Å²) in [7, 11) is 2.30. The van der Waals surface area contributed by atoms with Crippen molar-refractivity contribution in [3.8, 4) is 0 Å². The molecule has 1 amide bonds. The molecule has 5 heteroatoms. The summed E-state index contributed by atoms with van der Waals surface area (Å²) in [4.78, 5) is 20.2. The molecule has 3 heterocycles. The predicted octanol–water partition coefficient (Wildman–Crippen LogP) is 2.21. The SMILES string of the molecule is CN1CC2(CCN(C(=O)C3CCCCC3)CC2)CC1CN1CCOCC1. The number of hydrogen-bond donors (Lipinski definition) is 0. The Kier molecular flexibility index (Phi) is 5.87. The summed E-state index contributed by atoms with van der Waals surface area (Å²) in [5.74, 6) is 0.800. The zero-order chi connectivity index (χ0) is 18.0. The molecule has 4 aliphatic rings. The Bertz CT molecular complexity index is 478. The fourth-order valence-electron chi connectivity index (χ4n) is 5.84. The van der Waals surface area contributed by atoms with Gasteiger partial charge in [-0.05, 0) is 44.6 Å². The van der Waals surface area contributed by atoms with Gasteiger partial charge in [-0.3, -0.25) is 9.69 Å². The lowest BCUT2D eigenvalue weighted by atomic mass is 9.76. The fourth-order valence-corrected chi connectivity index (χ4v) is 5.84. The number of likely N-dealkylation sites (N-methyl/N-ethyl adjacent to an activating group) is 1. The molecule has 0 aromatic carbocycles. The van der Waals surface area contributed by atoms with Crippen LogP contribution in [0.25, 0.3) is 0 Å². The average molecular weight is 364 g/mol. The molecule has 1 spiro atoms. The molecule has 1 atom stereocenters. The van der Waals surface area contributed by atoms with E-state index in [9.17, 15) is 4.79 Å². The van der Waals surface area contributed by atoms with E-state index < -0.39 is 0 Å². The van der Waals surface area contributed by atoms with E-state index in [1.54, 1.807) is 0 Å². The largest absolute Gasteiger partial charge is 0.379 e. The Morgan fingerprint density at radius 2 is 1.73 bits per heavy atom. The van der Waals surface area contributed by atoms with E-state index in [0.717, 1.165) is 52.2 Å². The molecule has 0 bridgehead atoms. The summed E-state index contributed by atoms with van der Waals surface area (Å²) in [5.41, 5.74) is 0.453. The Morgan fingerprint density at radius 3 is 2.42 bits per heavy atom. The molecular weight excluding hydrogens is 326 g/mol. The first kappa shape index (κ1) is 18.7. The second kappa shape index (κ2) is 8.15. The predicted molar refractivity (Wildman–Crippen MR) is 103 cm³/mol. The summed E-state index contributed by atoms with van der Waals surface area (Å²) in [6.45, 7) is 8.34. The smallest absolute Gasteiger partial charge is 0.225 e. The van der Waals surface area contributed by atoms with E-state index in [1.165, 1.54) is 51.6 Å². The molecule has 0 N–H and O–H groups in total. The zero-order valence-electron chi connectivity index (χ0n) is 16.6. The lowest BCUT2D eigenvalue weighted by Gasteiger charge is -2.41. The number of nitrogens with zero attached hydrogens (tertiary/aromatic N) is 3. The molecule has 1 saturated carbocycles. The highest BCUT2D eigenvalue weighted by Crippen LogP contribution is 2.43. The van der Waals surface area contributed by atoms with E-state index in [0.29, 0.717) is 23.3 Å². The normalized spacial score (nSPS) is 31.6. The van der Waals surface area contributed by atoms with Crippen LogP contribution in [0, 0.1) is 11.3 Å². The molecule has 0 aromatic heterocycles. The van der Waals surface area contributed by atoms with Gasteiger partial charge in [0, 0.05) is 51.2 Å². The highest BCUT2D eigenvalue weighted by atomic mass is 16.5. The molecule has 26 heavy (non-hydrogen) atoms. The van der Waals surface area contributed by atoms with Gasteiger partial charge in [0.1, 0.15) is 0 Å². The molecule has 5 nitrogen and oxygen atoms in total. The van der Waals surface area contributed by atoms with Gasteiger partial charge in [-0.1, -0.05) is 19.3 Å². The number of carbonyl (C=O) groups excluding carboxylic acids is 1. The van der Waals surface area contributed by atoms with Crippen LogP contribution in [0.5, 0.6) is 0 Å². The van der Waals surface area contributed by atoms with Gasteiger partial charge in [-0.25, -0.2) is 0 Å². The van der Waals surface area contributed by atoms with Crippen LogP contribution in [0.4, 0.5) is 0 Å². The van der Waals surface area contributed by atoms with Crippen molar-refractivity contribution in [2.75, 3.05) is 59.5 Å². The molecule has 3 saturated heterocycles. The van der Waals surface area contributed by atoms with Gasteiger partial charge in [-0.2, -0.15) is 0 Å². The Labute approximate surface area is 159 Å². The van der Waals surface area contributed by atoms with E-state index >= 15 is 0 Å². The van der Waals surface area contributed by atoms with E-state index in [-0.39, 0.29) is 0 Å². The van der Waals surface area contributed by atoms with Crippen LogP contribution in [0.3, 0.4) is 0 Å². The number of piperidine rings is 1. The van der Waals surface area contributed by atoms with Crippen molar-refractivity contribution < 1.29 is 9.53 Å². The third-order valence-corrected chi connectivity index (χ3v) is 7.54. The average Bonchev–Trinajstić information content (AvgIpc) is 2.98. The maximum absolute atomic E-state index is 12.8. The van der Waals surface area contributed by atoms with Crippen LogP contribution in [0.1, 0.15) is 51.4 Å². The standard InChI is InChI=1S/C21H37N3O2/c1-22-17-21(15-19(22)16-23-11-13-26-14-12-23)7-9-24(10-8-21)20(25)18-5-3-2-4-6-18/h18-19H,2-17H2,1H3. The number of carbonyl (C=O) groups is 1. The van der Waals surface area contributed by atoms with Crippen LogP contribution in [0.15, 0.2) is 0 Å². The van der Waals surface area contributed by atoms with Gasteiger partial charge < -0.3 is 14.5 Å². The van der Waals surface area contributed by atoms with Crippen molar-refractivity contribution in [1.29, 1.82) is 0 Å². The first-order valence-corrected chi connectivity index (χ1v) is 10.9. The van der Waals surface area contributed by atoms with Gasteiger partial charge in [0.2, 0.25) is 5.91 Å². The summed E-state index contributed by atoms with van der Waals surface area (Å²) in [5, 5.41) is 0. The highest BCUT2D eigenvalue weighted by molar-refractivity contribution is 5.79. The van der Waals surface area contributed by atoms with Crippen molar-refractivity contribution in [2.24, 2.45) is 11.3 Å². The van der Waals surface area contributed by atoms with Gasteiger partial charge in [0.05, 0.1) is 13.2 Å². The molecule has 148 valence electrons. The van der Waals surface area contributed by atoms with E-state index in [2.05, 4.69) is 21.7 Å². The highest BCUT2D eigenvalue weighted by Gasteiger charge is 2.45. The molecule has 4 rings (SSSR count). The Morgan fingerprint density at radius 1 is 1.04 bits per heavy atom. The van der Waals surface area contributed by atoms with Crippen LogP contribution in [-0.4, -0.2) is 86.2 Å². The minimum atomic E-state index is 0.332. The van der Waals surface area contributed by atoms with Gasteiger partial charge in [-0.15, -0.1) is 0 Å². The minimum absolute atomic E-state index is 0.332. The number of ether oxygens (including phenoxy) is 1. The first-order chi connectivity index (χ1) is 12.7. The Balaban J connectivity index is 1.28. The van der Waals surface area contributed by atoms with E-state index in [4.69, 9.17) is 4.74 Å². The molecule has 1 unspecified atom stereocenters. The maximum atomic E-state index is 12.8. The van der Waals surface area contributed by atoms with Crippen molar-refractivity contribution in [3.63, 3.8) is 0 Å². The zero-order valence-corrected chi connectivity index (χ0v) is 16.6. The summed E-state index contributed by atoms with van der Waals surface area (Å²) < 4.78 is 5.49. The van der Waals surface area contributed by atoms with Gasteiger partial charge in [0.15, 0.2) is 0 Å². The second-order valence-electron chi connectivity index (χ2n) is 9.35. The van der Waals surface area contributed by atoms with Gasteiger partial charge >= 0.3 is 0 Å². The third-order valence-electron chi connectivity index (χ3n) is 7.54. The number of hydrogen-bond acceptors (Lipinski definition) is 4. The fraction of sp³-hybridized carbons (Fsp3) is 0.952. The maximum Gasteiger partial charge on any atom is 0.225 e. The molecule has 0 aromatic rings. The van der Waals surface area contributed by atoms with Gasteiger partial charge in [0.25, 0.3) is 0 Å². The first-order valence-electron chi connectivity index (χ1n) is 10.9. The van der Waals surface area contributed by atoms with Crippen LogP contribution >= 0.6 is 0 Å². The number of likely N-dealkylation sites (tertiary alicyclic amines) is 2. The molecule has 4 fully saturated rings. The number of amides is 1. The lowest BCUT2D eigenvalue weighted by molar-refractivity contribution is -0.138. The quantitative estimate of drug-likeness (QED) is 0.770. The Hall–Kier alpha value is -0.650. The van der Waals surface area contributed by atoms with Crippen molar-refractivity contribution in [3.05, 3.63) is 0 Å².